The molecule has 0 amide bonds. The van der Waals surface area contributed by atoms with Gasteiger partial charge in [-0.2, -0.15) is 0 Å². The van der Waals surface area contributed by atoms with E-state index in [9.17, 15) is 13.2 Å². The molecule has 8 heteroatoms. The number of aliphatic carboxylic acids is 1. The Morgan fingerprint density at radius 1 is 1.42 bits per heavy atom. The minimum atomic E-state index is -4.67. The van der Waals surface area contributed by atoms with E-state index in [1.807, 2.05) is 0 Å². The van der Waals surface area contributed by atoms with Crippen LogP contribution in [0, 0.1) is 5.25 Å². The molecule has 0 bridgehead atoms. The summed E-state index contributed by atoms with van der Waals surface area (Å²) >= 11 is 0. The van der Waals surface area contributed by atoms with E-state index in [0.717, 1.165) is 0 Å². The molecule has 0 radical (unpaired) electrons. The van der Waals surface area contributed by atoms with Crippen molar-refractivity contribution in [3.05, 3.63) is 5.25 Å². The Bertz CT molecular complexity index is 234. The number of aliphatic hydroxyl groups excluding tert-OH is 1. The first-order valence-corrected chi connectivity index (χ1v) is 4.01. The maximum absolute atomic E-state index is 10.2. The first-order chi connectivity index (χ1) is 4.89. The van der Waals surface area contributed by atoms with Gasteiger partial charge in [-0.1, -0.05) is 0 Å². The molecule has 0 aromatic rings. The number of carboxylic acid groups (broad SMARTS) is 1. The second-order valence-corrected chi connectivity index (χ2v) is 3.12. The summed E-state index contributed by atoms with van der Waals surface area (Å²) in [5.41, 5.74) is 0. The molecule has 0 spiro atoms. The normalized spacial score (nSPS) is 10.2. The average molecular weight is 206 g/mol. The van der Waals surface area contributed by atoms with Gasteiger partial charge in [0.05, 0.1) is 0 Å². The van der Waals surface area contributed by atoms with Crippen molar-refractivity contribution in [2.24, 2.45) is 0 Å². The van der Waals surface area contributed by atoms with Crippen molar-refractivity contribution >= 4 is 16.1 Å². The van der Waals surface area contributed by atoms with Crippen LogP contribution < -0.4 is 29.6 Å². The van der Waals surface area contributed by atoms with E-state index in [1.54, 1.807) is 0 Å². The topological polar surface area (TPSA) is 112 Å². The van der Waals surface area contributed by atoms with E-state index in [0.29, 0.717) is 0 Å². The minimum absolute atomic E-state index is 0. The second-order valence-electron chi connectivity index (χ2n) is 1.68. The first-order valence-electron chi connectivity index (χ1n) is 2.57. The van der Waals surface area contributed by atoms with Crippen molar-refractivity contribution in [1.29, 1.82) is 0 Å². The van der Waals surface area contributed by atoms with Crippen LogP contribution in [0.25, 0.3) is 0 Å². The van der Waals surface area contributed by atoms with Gasteiger partial charge in [-0.15, -0.1) is 11.7 Å². The summed E-state index contributed by atoms with van der Waals surface area (Å²) in [4.78, 5) is 10.0. The van der Waals surface area contributed by atoms with Gasteiger partial charge in [0.1, 0.15) is 0 Å². The predicted molar refractivity (Wildman–Crippen MR) is 34.1 cm³/mol. The molecule has 66 valence electrons. The summed E-state index contributed by atoms with van der Waals surface area (Å²) in [7, 11) is -4.67. The summed E-state index contributed by atoms with van der Waals surface area (Å²) in [5, 5.41) is 15.2. The van der Waals surface area contributed by atoms with Gasteiger partial charge in [-0.05, 0) is 0 Å². The molecule has 6 nitrogen and oxygen atoms in total. The molecule has 0 unspecified atom stereocenters. The fourth-order valence-corrected chi connectivity index (χ4v) is 1.02. The fourth-order valence-electron chi connectivity index (χ4n) is 0.448. The smallest absolute Gasteiger partial charge is 0.502 e. The van der Waals surface area contributed by atoms with E-state index < -0.39 is 34.4 Å². The van der Waals surface area contributed by atoms with Crippen molar-refractivity contribution in [1.82, 2.24) is 0 Å². The molecule has 0 atom stereocenters. The third kappa shape index (κ3) is 4.96. The summed E-state index contributed by atoms with van der Waals surface area (Å²) in [6.45, 7) is -0.637. The van der Waals surface area contributed by atoms with Gasteiger partial charge in [0, 0.05) is 6.61 Å². The predicted octanol–water partition coefficient (Wildman–Crippen LogP) is -4.12. The maximum Gasteiger partial charge on any atom is 1.00 e. The third-order valence-electron chi connectivity index (χ3n) is 0.889. The summed E-state index contributed by atoms with van der Waals surface area (Å²) in [6.07, 6.45) is -0.589. The van der Waals surface area contributed by atoms with Crippen molar-refractivity contribution in [3.63, 3.8) is 0 Å². The molecule has 0 aromatic heterocycles. The Morgan fingerprint density at radius 3 is 1.92 bits per heavy atom. The first kappa shape index (κ1) is 14.7. The summed E-state index contributed by atoms with van der Waals surface area (Å²) in [5.74, 6) is -1.75. The standard InChI is InChI=1S/C4H7O6S.Na/c5-2-1-3(4(6)7)11(8,9)10;/h5H,1-2H2,(H,6,7)(H,8,9,10);/q-1;+1. The van der Waals surface area contributed by atoms with Crippen LogP contribution in [0.3, 0.4) is 0 Å². The quantitative estimate of drug-likeness (QED) is 0.245. The van der Waals surface area contributed by atoms with E-state index >= 15 is 0 Å². The van der Waals surface area contributed by atoms with Gasteiger partial charge in [0.25, 0.3) is 0 Å². The van der Waals surface area contributed by atoms with E-state index in [-0.39, 0.29) is 29.6 Å². The molecule has 0 saturated carbocycles. The number of carboxylic acids is 1. The zero-order valence-corrected chi connectivity index (χ0v) is 9.21. The number of hydrogen-bond acceptors (Lipinski definition) is 4. The zero-order chi connectivity index (χ0) is 9.07. The van der Waals surface area contributed by atoms with Crippen LogP contribution in [0.1, 0.15) is 6.42 Å². The van der Waals surface area contributed by atoms with Crippen molar-refractivity contribution in [2.75, 3.05) is 6.61 Å². The Morgan fingerprint density at radius 2 is 1.83 bits per heavy atom. The molecule has 0 aliphatic heterocycles. The van der Waals surface area contributed by atoms with Gasteiger partial charge in [-0.25, -0.2) is 8.42 Å². The number of aliphatic hydroxyl groups is 1. The van der Waals surface area contributed by atoms with Gasteiger partial charge in [0.2, 0.25) is 0 Å². The molecule has 0 saturated heterocycles. The molecule has 12 heavy (non-hydrogen) atoms. The Labute approximate surface area is 91.6 Å². The van der Waals surface area contributed by atoms with Crippen LogP contribution in [0.4, 0.5) is 0 Å². The van der Waals surface area contributed by atoms with E-state index in [1.165, 1.54) is 0 Å². The number of carbonyl (C=O) groups is 1. The van der Waals surface area contributed by atoms with Crippen LogP contribution in [-0.2, 0) is 14.9 Å². The minimum Gasteiger partial charge on any atom is -0.502 e. The van der Waals surface area contributed by atoms with Crippen LogP contribution in [0.15, 0.2) is 0 Å². The third-order valence-corrected chi connectivity index (χ3v) is 1.89. The van der Waals surface area contributed by atoms with Crippen molar-refractivity contribution in [3.8, 4) is 0 Å². The SMILES string of the molecule is O=C(O)[C-](CCO)S(=O)(=O)O.[Na+]. The number of rotatable bonds is 4. The van der Waals surface area contributed by atoms with Crippen LogP contribution in [0.2, 0.25) is 0 Å². The van der Waals surface area contributed by atoms with Crippen LogP contribution >= 0.6 is 0 Å². The molecular formula is C4H7NaO6S. The maximum atomic E-state index is 10.2. The average Bonchev–Trinajstić information content (AvgIpc) is 1.79. The second kappa shape index (κ2) is 5.79. The van der Waals surface area contributed by atoms with Gasteiger partial charge in [-0.3, -0.25) is 4.79 Å². The molecule has 0 aliphatic rings. The van der Waals surface area contributed by atoms with Gasteiger partial charge < -0.3 is 14.8 Å². The van der Waals surface area contributed by atoms with E-state index in [4.69, 9.17) is 14.8 Å². The molecule has 0 aliphatic carbocycles. The monoisotopic (exact) mass is 206 g/mol. The fraction of sp³-hybridized carbons (Fsp3) is 0.500. The molecular weight excluding hydrogens is 199 g/mol. The molecule has 0 fully saturated rings. The van der Waals surface area contributed by atoms with Crippen LogP contribution in [0.5, 0.6) is 0 Å². The Kier molecular flexibility index (Phi) is 7.10. The van der Waals surface area contributed by atoms with Crippen molar-refractivity contribution < 1.29 is 57.5 Å². The number of hydrogen-bond donors (Lipinski definition) is 3. The van der Waals surface area contributed by atoms with Gasteiger partial charge in [0.15, 0.2) is 16.1 Å². The summed E-state index contributed by atoms with van der Waals surface area (Å²) < 4.78 is 28.6. The largest absolute Gasteiger partial charge is 1.00 e. The van der Waals surface area contributed by atoms with Crippen molar-refractivity contribution in [2.45, 2.75) is 6.42 Å². The zero-order valence-electron chi connectivity index (χ0n) is 6.39. The molecule has 3 N–H and O–H groups in total. The molecule has 0 aromatic carbocycles. The Balaban J connectivity index is 0. The summed E-state index contributed by atoms with van der Waals surface area (Å²) in [6, 6.07) is 0. The molecule has 0 heterocycles. The Hall–Kier alpha value is 0.210. The molecule has 0 rings (SSSR count). The van der Waals surface area contributed by atoms with Crippen LogP contribution in [-0.4, -0.2) is 35.8 Å². The van der Waals surface area contributed by atoms with Gasteiger partial charge >= 0.3 is 29.6 Å². The van der Waals surface area contributed by atoms with E-state index in [2.05, 4.69) is 0 Å².